The molecule has 0 aliphatic heterocycles. The van der Waals surface area contributed by atoms with Crippen molar-refractivity contribution < 1.29 is 9.47 Å². The van der Waals surface area contributed by atoms with Gasteiger partial charge in [0.2, 0.25) is 0 Å². The van der Waals surface area contributed by atoms with Crippen LogP contribution in [0.3, 0.4) is 0 Å². The van der Waals surface area contributed by atoms with Crippen LogP contribution in [-0.2, 0) is 13.2 Å². The van der Waals surface area contributed by atoms with Crippen molar-refractivity contribution >= 4 is 27.3 Å². The van der Waals surface area contributed by atoms with Gasteiger partial charge < -0.3 is 15.2 Å². The minimum Gasteiger partial charge on any atom is -0.490 e. The van der Waals surface area contributed by atoms with Crippen LogP contribution in [-0.4, -0.2) is 6.61 Å². The van der Waals surface area contributed by atoms with E-state index in [-0.39, 0.29) is 0 Å². The highest BCUT2D eigenvalue weighted by Crippen LogP contribution is 2.32. The zero-order valence-electron chi connectivity index (χ0n) is 10.7. The number of thiophene rings is 1. The first-order valence-corrected chi connectivity index (χ1v) is 7.72. The molecule has 0 unspecified atom stereocenters. The van der Waals surface area contributed by atoms with Gasteiger partial charge in [0.05, 0.1) is 6.61 Å². The van der Waals surface area contributed by atoms with Crippen molar-refractivity contribution in [1.82, 2.24) is 0 Å². The third kappa shape index (κ3) is 3.72. The van der Waals surface area contributed by atoms with E-state index in [1.807, 2.05) is 30.5 Å². The number of benzene rings is 1. The number of halogens is 1. The Hall–Kier alpha value is -1.04. The smallest absolute Gasteiger partial charge is 0.166 e. The van der Waals surface area contributed by atoms with E-state index in [0.29, 0.717) is 19.8 Å². The Labute approximate surface area is 125 Å². The standard InChI is InChI=1S/C14H16BrNO2S/c1-2-17-13-5-3-4-10(7-16)14(13)18-8-12-6-11(15)9-19-12/h3-6,9H,2,7-8,16H2,1H3. The third-order valence-corrected chi connectivity index (χ3v) is 4.23. The quantitative estimate of drug-likeness (QED) is 0.865. The Morgan fingerprint density at radius 3 is 2.79 bits per heavy atom. The maximum atomic E-state index is 5.90. The fraction of sp³-hybridized carbons (Fsp3) is 0.286. The predicted octanol–water partition coefficient (Wildman–Crippen LogP) is 3.95. The first-order valence-electron chi connectivity index (χ1n) is 6.05. The van der Waals surface area contributed by atoms with Crippen molar-refractivity contribution in [3.63, 3.8) is 0 Å². The van der Waals surface area contributed by atoms with Crippen molar-refractivity contribution in [2.45, 2.75) is 20.1 Å². The number of para-hydroxylation sites is 1. The van der Waals surface area contributed by atoms with E-state index in [4.69, 9.17) is 15.2 Å². The minimum atomic E-state index is 0.435. The van der Waals surface area contributed by atoms with Crippen LogP contribution in [0, 0.1) is 0 Å². The van der Waals surface area contributed by atoms with Crippen LogP contribution < -0.4 is 15.2 Å². The summed E-state index contributed by atoms with van der Waals surface area (Å²) < 4.78 is 12.6. The van der Waals surface area contributed by atoms with E-state index in [2.05, 4.69) is 22.0 Å². The maximum Gasteiger partial charge on any atom is 0.166 e. The Morgan fingerprint density at radius 1 is 1.32 bits per heavy atom. The lowest BCUT2D eigenvalue weighted by Gasteiger charge is -2.14. The van der Waals surface area contributed by atoms with E-state index in [0.717, 1.165) is 26.4 Å². The highest BCUT2D eigenvalue weighted by molar-refractivity contribution is 9.10. The summed E-state index contributed by atoms with van der Waals surface area (Å²) in [6.07, 6.45) is 0. The molecule has 0 atom stereocenters. The molecule has 0 fully saturated rings. The molecular weight excluding hydrogens is 326 g/mol. The summed E-state index contributed by atoms with van der Waals surface area (Å²) in [6.45, 7) is 3.52. The molecule has 0 radical (unpaired) electrons. The van der Waals surface area contributed by atoms with E-state index < -0.39 is 0 Å². The first kappa shape index (κ1) is 14.4. The molecule has 0 bridgehead atoms. The van der Waals surface area contributed by atoms with Gasteiger partial charge in [-0.05, 0) is 35.0 Å². The van der Waals surface area contributed by atoms with Gasteiger partial charge in [-0.25, -0.2) is 0 Å². The average molecular weight is 342 g/mol. The molecule has 1 aromatic carbocycles. The molecule has 2 N–H and O–H groups in total. The van der Waals surface area contributed by atoms with E-state index >= 15 is 0 Å². The van der Waals surface area contributed by atoms with Gasteiger partial charge in [-0.1, -0.05) is 12.1 Å². The Bertz CT molecular complexity index is 542. The molecule has 0 aliphatic rings. The van der Waals surface area contributed by atoms with Crippen LogP contribution >= 0.6 is 27.3 Å². The fourth-order valence-corrected chi connectivity index (χ4v) is 3.09. The summed E-state index contributed by atoms with van der Waals surface area (Å²) in [5.41, 5.74) is 6.71. The largest absolute Gasteiger partial charge is 0.490 e. The minimum absolute atomic E-state index is 0.435. The third-order valence-electron chi connectivity index (χ3n) is 2.56. The molecule has 5 heteroatoms. The number of nitrogens with two attached hydrogens (primary N) is 1. The van der Waals surface area contributed by atoms with Gasteiger partial charge in [0.1, 0.15) is 6.61 Å². The van der Waals surface area contributed by atoms with Crippen molar-refractivity contribution in [1.29, 1.82) is 0 Å². The monoisotopic (exact) mass is 341 g/mol. The number of hydrogen-bond acceptors (Lipinski definition) is 4. The molecule has 0 aliphatic carbocycles. The molecule has 0 amide bonds. The Morgan fingerprint density at radius 2 is 2.16 bits per heavy atom. The summed E-state index contributed by atoms with van der Waals surface area (Å²) in [5.74, 6) is 1.50. The van der Waals surface area contributed by atoms with Gasteiger partial charge in [0.25, 0.3) is 0 Å². The zero-order chi connectivity index (χ0) is 13.7. The van der Waals surface area contributed by atoms with Crippen molar-refractivity contribution in [3.05, 3.63) is 44.6 Å². The number of ether oxygens (including phenoxy) is 2. The van der Waals surface area contributed by atoms with Crippen molar-refractivity contribution in [3.8, 4) is 11.5 Å². The zero-order valence-corrected chi connectivity index (χ0v) is 13.1. The molecule has 2 aromatic rings. The van der Waals surface area contributed by atoms with Gasteiger partial charge in [-0.3, -0.25) is 0 Å². The van der Waals surface area contributed by atoms with Gasteiger partial charge in [0.15, 0.2) is 11.5 Å². The molecule has 0 spiro atoms. The maximum absolute atomic E-state index is 5.90. The summed E-state index contributed by atoms with van der Waals surface area (Å²) in [5, 5.41) is 2.04. The normalized spacial score (nSPS) is 10.5. The second kappa shape index (κ2) is 6.93. The van der Waals surface area contributed by atoms with Crippen LogP contribution in [0.15, 0.2) is 34.1 Å². The molecule has 3 nitrogen and oxygen atoms in total. The van der Waals surface area contributed by atoms with Crippen LogP contribution in [0.5, 0.6) is 11.5 Å². The SMILES string of the molecule is CCOc1cccc(CN)c1OCc1cc(Br)cs1. The van der Waals surface area contributed by atoms with Crippen LogP contribution in [0.2, 0.25) is 0 Å². The van der Waals surface area contributed by atoms with Crippen LogP contribution in [0.1, 0.15) is 17.4 Å². The number of hydrogen-bond donors (Lipinski definition) is 1. The van der Waals surface area contributed by atoms with E-state index in [1.165, 1.54) is 0 Å². The summed E-state index contributed by atoms with van der Waals surface area (Å²) in [4.78, 5) is 1.15. The van der Waals surface area contributed by atoms with Gasteiger partial charge in [-0.2, -0.15) is 0 Å². The molecule has 102 valence electrons. The predicted molar refractivity (Wildman–Crippen MR) is 81.9 cm³/mol. The van der Waals surface area contributed by atoms with E-state index in [1.54, 1.807) is 11.3 Å². The molecule has 2 rings (SSSR count). The fourth-order valence-electron chi connectivity index (χ4n) is 1.73. The van der Waals surface area contributed by atoms with Gasteiger partial charge in [0, 0.05) is 26.8 Å². The lowest BCUT2D eigenvalue weighted by molar-refractivity contribution is 0.269. The molecule has 1 heterocycles. The molecular formula is C14H16BrNO2S. The van der Waals surface area contributed by atoms with E-state index in [9.17, 15) is 0 Å². The topological polar surface area (TPSA) is 44.5 Å². The lowest BCUT2D eigenvalue weighted by atomic mass is 10.2. The summed E-state index contributed by atoms with van der Waals surface area (Å²) >= 11 is 5.09. The molecule has 19 heavy (non-hydrogen) atoms. The summed E-state index contributed by atoms with van der Waals surface area (Å²) in [6, 6.07) is 7.85. The lowest BCUT2D eigenvalue weighted by Crippen LogP contribution is -2.05. The van der Waals surface area contributed by atoms with Crippen LogP contribution in [0.25, 0.3) is 0 Å². The van der Waals surface area contributed by atoms with Gasteiger partial charge >= 0.3 is 0 Å². The second-order valence-corrected chi connectivity index (χ2v) is 5.81. The van der Waals surface area contributed by atoms with Crippen LogP contribution in [0.4, 0.5) is 0 Å². The summed E-state index contributed by atoms with van der Waals surface area (Å²) in [7, 11) is 0. The highest BCUT2D eigenvalue weighted by Gasteiger charge is 2.10. The molecule has 0 saturated carbocycles. The van der Waals surface area contributed by atoms with Gasteiger partial charge in [-0.15, -0.1) is 11.3 Å². The average Bonchev–Trinajstić information content (AvgIpc) is 2.83. The second-order valence-electron chi connectivity index (χ2n) is 3.90. The molecule has 0 saturated heterocycles. The van der Waals surface area contributed by atoms with Crippen molar-refractivity contribution in [2.24, 2.45) is 5.73 Å². The van der Waals surface area contributed by atoms with Crippen molar-refractivity contribution in [2.75, 3.05) is 6.61 Å². The Kier molecular flexibility index (Phi) is 5.24. The molecule has 1 aromatic heterocycles. The highest BCUT2D eigenvalue weighted by atomic mass is 79.9. The first-order chi connectivity index (χ1) is 9.24. The Balaban J connectivity index is 2.17. The number of rotatable bonds is 6.